The van der Waals surface area contributed by atoms with E-state index in [-0.39, 0.29) is 24.0 Å². The van der Waals surface area contributed by atoms with Crippen LogP contribution in [-0.2, 0) is 11.2 Å². The Bertz CT molecular complexity index is 625. The highest BCUT2D eigenvalue weighted by Crippen LogP contribution is 2.22. The van der Waals surface area contributed by atoms with E-state index in [4.69, 9.17) is 5.11 Å². The molecule has 1 aromatic carbocycles. The summed E-state index contributed by atoms with van der Waals surface area (Å²) < 4.78 is 0. The van der Waals surface area contributed by atoms with E-state index in [1.54, 1.807) is 0 Å². The summed E-state index contributed by atoms with van der Waals surface area (Å²) in [6.45, 7) is 6.32. The molecule has 0 fully saturated rings. The number of para-hydroxylation sites is 1. The zero-order valence-corrected chi connectivity index (χ0v) is 13.6. The summed E-state index contributed by atoms with van der Waals surface area (Å²) in [6.07, 6.45) is 3.74. The van der Waals surface area contributed by atoms with Crippen molar-refractivity contribution in [2.24, 2.45) is 5.41 Å². The van der Waals surface area contributed by atoms with Crippen LogP contribution in [0.15, 0.2) is 30.5 Å². The zero-order chi connectivity index (χ0) is 16.2. The van der Waals surface area contributed by atoms with Crippen LogP contribution in [0.25, 0.3) is 10.9 Å². The van der Waals surface area contributed by atoms with E-state index in [0.717, 1.165) is 5.52 Å². The van der Waals surface area contributed by atoms with Crippen LogP contribution in [0.3, 0.4) is 0 Å². The van der Waals surface area contributed by atoms with Crippen molar-refractivity contribution >= 4 is 16.8 Å². The summed E-state index contributed by atoms with van der Waals surface area (Å²) in [7, 11) is 0. The highest BCUT2D eigenvalue weighted by molar-refractivity contribution is 5.84. The van der Waals surface area contributed by atoms with Crippen molar-refractivity contribution in [1.29, 1.82) is 0 Å². The van der Waals surface area contributed by atoms with Gasteiger partial charge in [-0.3, -0.25) is 4.79 Å². The number of amides is 1. The minimum absolute atomic E-state index is 0.00651. The Morgan fingerprint density at radius 3 is 2.73 bits per heavy atom. The van der Waals surface area contributed by atoms with Gasteiger partial charge in [0.2, 0.25) is 5.91 Å². The van der Waals surface area contributed by atoms with Gasteiger partial charge in [-0.15, -0.1) is 0 Å². The van der Waals surface area contributed by atoms with E-state index in [0.29, 0.717) is 19.3 Å². The Morgan fingerprint density at radius 2 is 2.05 bits per heavy atom. The van der Waals surface area contributed by atoms with Gasteiger partial charge in [-0.05, 0) is 29.9 Å². The quantitative estimate of drug-likeness (QED) is 0.768. The fourth-order valence-electron chi connectivity index (χ4n) is 2.70. The molecule has 22 heavy (non-hydrogen) atoms. The first-order valence-corrected chi connectivity index (χ1v) is 7.87. The molecule has 1 atom stereocenters. The molecule has 120 valence electrons. The molecule has 0 spiro atoms. The minimum Gasteiger partial charge on any atom is -0.396 e. The number of carbonyl (C=O) groups excluding carboxylic acids is 1. The van der Waals surface area contributed by atoms with Gasteiger partial charge in [-0.1, -0.05) is 39.0 Å². The standard InChI is InChI=1S/C18H26N2O2/c1-18(2,3)16(10-11-21)20-17(22)9-8-13-12-19-15-7-5-4-6-14(13)15/h4-7,12,16,19,21H,8-11H2,1-3H3,(H,20,22). The van der Waals surface area contributed by atoms with Crippen molar-refractivity contribution in [3.63, 3.8) is 0 Å². The maximum Gasteiger partial charge on any atom is 0.220 e. The zero-order valence-electron chi connectivity index (χ0n) is 13.6. The summed E-state index contributed by atoms with van der Waals surface area (Å²) in [5, 5.41) is 13.4. The van der Waals surface area contributed by atoms with Gasteiger partial charge in [0.25, 0.3) is 0 Å². The molecule has 1 amide bonds. The van der Waals surface area contributed by atoms with Crippen LogP contribution in [0.1, 0.15) is 39.2 Å². The topological polar surface area (TPSA) is 65.1 Å². The number of nitrogens with one attached hydrogen (secondary N) is 2. The second-order valence-electron chi connectivity index (χ2n) is 6.86. The summed E-state index contributed by atoms with van der Waals surface area (Å²) in [4.78, 5) is 15.4. The lowest BCUT2D eigenvalue weighted by atomic mass is 9.85. The normalized spacial score (nSPS) is 13.3. The Labute approximate surface area is 131 Å². The second kappa shape index (κ2) is 6.97. The van der Waals surface area contributed by atoms with Crippen LogP contribution in [0, 0.1) is 5.41 Å². The number of aliphatic hydroxyl groups excluding tert-OH is 1. The van der Waals surface area contributed by atoms with E-state index >= 15 is 0 Å². The third kappa shape index (κ3) is 4.10. The van der Waals surface area contributed by atoms with Gasteiger partial charge in [0.05, 0.1) is 0 Å². The fourth-order valence-corrected chi connectivity index (χ4v) is 2.70. The van der Waals surface area contributed by atoms with Crippen LogP contribution in [0.4, 0.5) is 0 Å². The number of aromatic amines is 1. The van der Waals surface area contributed by atoms with Crippen LogP contribution < -0.4 is 5.32 Å². The van der Waals surface area contributed by atoms with Gasteiger partial charge in [-0.25, -0.2) is 0 Å². The predicted molar refractivity (Wildman–Crippen MR) is 89.7 cm³/mol. The third-order valence-electron chi connectivity index (χ3n) is 4.09. The van der Waals surface area contributed by atoms with Gasteiger partial charge >= 0.3 is 0 Å². The van der Waals surface area contributed by atoms with Crippen molar-refractivity contribution < 1.29 is 9.90 Å². The van der Waals surface area contributed by atoms with Crippen molar-refractivity contribution in [3.05, 3.63) is 36.0 Å². The maximum absolute atomic E-state index is 12.2. The average molecular weight is 302 g/mol. The van der Waals surface area contributed by atoms with E-state index in [9.17, 15) is 4.79 Å². The number of rotatable bonds is 6. The molecule has 4 nitrogen and oxygen atoms in total. The number of aromatic nitrogens is 1. The average Bonchev–Trinajstić information content (AvgIpc) is 2.87. The molecule has 2 rings (SSSR count). The Morgan fingerprint density at radius 1 is 1.32 bits per heavy atom. The van der Waals surface area contributed by atoms with Crippen molar-refractivity contribution in [3.8, 4) is 0 Å². The molecule has 0 radical (unpaired) electrons. The summed E-state index contributed by atoms with van der Waals surface area (Å²) in [5.41, 5.74) is 2.21. The molecule has 0 aliphatic carbocycles. The number of fused-ring (bicyclic) bond motifs is 1. The first-order valence-electron chi connectivity index (χ1n) is 7.87. The summed E-state index contributed by atoms with van der Waals surface area (Å²) in [5.74, 6) is 0.0404. The third-order valence-corrected chi connectivity index (χ3v) is 4.09. The Hall–Kier alpha value is -1.81. The van der Waals surface area contributed by atoms with Crippen molar-refractivity contribution in [2.45, 2.75) is 46.1 Å². The van der Waals surface area contributed by atoms with Gasteiger partial charge in [0, 0.05) is 36.2 Å². The number of benzene rings is 1. The minimum atomic E-state index is -0.0564. The molecule has 4 heteroatoms. The monoisotopic (exact) mass is 302 g/mol. The number of aliphatic hydroxyl groups is 1. The number of hydrogen-bond donors (Lipinski definition) is 3. The number of hydrogen-bond acceptors (Lipinski definition) is 2. The smallest absolute Gasteiger partial charge is 0.220 e. The molecule has 0 aliphatic heterocycles. The Kier molecular flexibility index (Phi) is 5.24. The first kappa shape index (κ1) is 16.6. The highest BCUT2D eigenvalue weighted by Gasteiger charge is 2.25. The molecular formula is C18H26N2O2. The van der Waals surface area contributed by atoms with Gasteiger partial charge in [0.15, 0.2) is 0 Å². The van der Waals surface area contributed by atoms with Crippen molar-refractivity contribution in [1.82, 2.24) is 10.3 Å². The molecule has 1 aromatic heterocycles. The molecular weight excluding hydrogens is 276 g/mol. The van der Waals surface area contributed by atoms with Gasteiger partial charge < -0.3 is 15.4 Å². The molecule has 0 bridgehead atoms. The van der Waals surface area contributed by atoms with E-state index in [2.05, 4.69) is 37.1 Å². The molecule has 2 aromatic rings. The van der Waals surface area contributed by atoms with E-state index in [1.165, 1.54) is 10.9 Å². The molecule has 3 N–H and O–H groups in total. The molecule has 0 saturated heterocycles. The van der Waals surface area contributed by atoms with Crippen molar-refractivity contribution in [2.75, 3.05) is 6.61 Å². The number of H-pyrrole nitrogens is 1. The fraction of sp³-hybridized carbons (Fsp3) is 0.500. The van der Waals surface area contributed by atoms with Gasteiger partial charge in [-0.2, -0.15) is 0 Å². The largest absolute Gasteiger partial charge is 0.396 e. The molecule has 1 heterocycles. The SMILES string of the molecule is CC(C)(C)C(CCO)NC(=O)CCc1c[nH]c2ccccc12. The lowest BCUT2D eigenvalue weighted by molar-refractivity contribution is -0.122. The predicted octanol–water partition coefficient (Wildman–Crippen LogP) is 3.01. The lowest BCUT2D eigenvalue weighted by Gasteiger charge is -2.31. The summed E-state index contributed by atoms with van der Waals surface area (Å²) >= 11 is 0. The van der Waals surface area contributed by atoms with E-state index < -0.39 is 0 Å². The molecule has 0 aliphatic rings. The summed E-state index contributed by atoms with van der Waals surface area (Å²) in [6, 6.07) is 8.11. The highest BCUT2D eigenvalue weighted by atomic mass is 16.3. The van der Waals surface area contributed by atoms with E-state index in [1.807, 2.05) is 24.4 Å². The van der Waals surface area contributed by atoms with Gasteiger partial charge in [0.1, 0.15) is 0 Å². The Balaban J connectivity index is 1.95. The first-order chi connectivity index (χ1) is 10.4. The van der Waals surface area contributed by atoms with Crippen LogP contribution in [0.2, 0.25) is 0 Å². The number of aryl methyl sites for hydroxylation is 1. The molecule has 0 saturated carbocycles. The van der Waals surface area contributed by atoms with Crippen LogP contribution in [-0.4, -0.2) is 28.6 Å². The lowest BCUT2D eigenvalue weighted by Crippen LogP contribution is -2.44. The second-order valence-corrected chi connectivity index (χ2v) is 6.86. The van der Waals surface area contributed by atoms with Crippen LogP contribution in [0.5, 0.6) is 0 Å². The maximum atomic E-state index is 12.2. The molecule has 1 unspecified atom stereocenters. The number of carbonyl (C=O) groups is 1. The van der Waals surface area contributed by atoms with Crippen LogP contribution >= 0.6 is 0 Å².